The number of hydrogen-bond acceptors (Lipinski definition) is 3. The highest BCUT2D eigenvalue weighted by molar-refractivity contribution is 7.71. The van der Waals surface area contributed by atoms with E-state index in [1.54, 1.807) is 4.57 Å². The van der Waals surface area contributed by atoms with Gasteiger partial charge in [-0.1, -0.05) is 60.1 Å². The molecule has 2 aromatic carbocycles. The van der Waals surface area contributed by atoms with Crippen LogP contribution in [0.1, 0.15) is 5.56 Å². The summed E-state index contributed by atoms with van der Waals surface area (Å²) in [6.07, 6.45) is 0. The Hall–Kier alpha value is -2.21. The second-order valence-electron chi connectivity index (χ2n) is 5.63. The van der Waals surface area contributed by atoms with Gasteiger partial charge in [-0.15, -0.1) is 11.3 Å². The predicted octanol–water partition coefficient (Wildman–Crippen LogP) is 5.49. The van der Waals surface area contributed by atoms with E-state index < -0.39 is 0 Å². The van der Waals surface area contributed by atoms with Gasteiger partial charge in [0.1, 0.15) is 4.83 Å². The lowest BCUT2D eigenvalue weighted by Crippen LogP contribution is -2.22. The number of hydrogen-bond donors (Lipinski definition) is 1. The molecule has 0 aliphatic rings. The molecule has 2 aromatic heterocycles. The minimum Gasteiger partial charge on any atom is -0.323 e. The number of fused-ring (bicyclic) bond motifs is 1. The van der Waals surface area contributed by atoms with Crippen LogP contribution >= 0.6 is 35.2 Å². The summed E-state index contributed by atoms with van der Waals surface area (Å²) in [6, 6.07) is 19.4. The van der Waals surface area contributed by atoms with Crippen LogP contribution < -0.4 is 5.56 Å². The SMILES string of the molecule is O=c1c2cc(-c3ccccc3)sc2[nH]c(=S)n1Cc1ccccc1Cl. The highest BCUT2D eigenvalue weighted by Gasteiger charge is 2.12. The number of rotatable bonds is 3. The molecule has 0 amide bonds. The molecule has 0 atom stereocenters. The molecular formula is C19H13ClN2OS2. The van der Waals surface area contributed by atoms with Gasteiger partial charge in [0.2, 0.25) is 0 Å². The van der Waals surface area contributed by atoms with Crippen molar-refractivity contribution in [3.8, 4) is 10.4 Å². The summed E-state index contributed by atoms with van der Waals surface area (Å²) in [6.45, 7) is 0.348. The molecular weight excluding hydrogens is 372 g/mol. The summed E-state index contributed by atoms with van der Waals surface area (Å²) in [7, 11) is 0. The summed E-state index contributed by atoms with van der Waals surface area (Å²) < 4.78 is 1.96. The van der Waals surface area contributed by atoms with Crippen molar-refractivity contribution in [3.63, 3.8) is 0 Å². The fraction of sp³-hybridized carbons (Fsp3) is 0.0526. The van der Waals surface area contributed by atoms with Gasteiger partial charge in [-0.2, -0.15) is 0 Å². The van der Waals surface area contributed by atoms with Crippen molar-refractivity contribution in [1.82, 2.24) is 9.55 Å². The van der Waals surface area contributed by atoms with E-state index in [9.17, 15) is 4.79 Å². The molecule has 4 rings (SSSR count). The average Bonchev–Trinajstić information content (AvgIpc) is 3.05. The Morgan fingerprint density at radius 1 is 1.08 bits per heavy atom. The zero-order valence-corrected chi connectivity index (χ0v) is 15.4. The maximum Gasteiger partial charge on any atom is 0.263 e. The zero-order valence-electron chi connectivity index (χ0n) is 13.0. The lowest BCUT2D eigenvalue weighted by Gasteiger charge is -2.08. The van der Waals surface area contributed by atoms with Gasteiger partial charge in [-0.05, 0) is 35.5 Å². The van der Waals surface area contributed by atoms with Crippen LogP contribution in [0.15, 0.2) is 65.5 Å². The molecule has 2 heterocycles. The van der Waals surface area contributed by atoms with Crippen LogP contribution in [-0.2, 0) is 6.54 Å². The van der Waals surface area contributed by atoms with Crippen molar-refractivity contribution < 1.29 is 0 Å². The zero-order chi connectivity index (χ0) is 17.4. The van der Waals surface area contributed by atoms with Crippen LogP contribution in [0.4, 0.5) is 0 Å². The number of nitrogens with one attached hydrogen (secondary N) is 1. The molecule has 0 aliphatic carbocycles. The fourth-order valence-electron chi connectivity index (χ4n) is 2.73. The molecule has 0 saturated heterocycles. The van der Waals surface area contributed by atoms with Crippen LogP contribution in [0.2, 0.25) is 5.02 Å². The number of nitrogens with zero attached hydrogens (tertiary/aromatic N) is 1. The Morgan fingerprint density at radius 3 is 2.56 bits per heavy atom. The number of thiophene rings is 1. The van der Waals surface area contributed by atoms with Crippen LogP contribution in [0, 0.1) is 4.77 Å². The Bertz CT molecular complexity index is 1180. The molecule has 0 aliphatic heterocycles. The number of aromatic amines is 1. The normalized spacial score (nSPS) is 11.1. The third-order valence-electron chi connectivity index (χ3n) is 4.02. The summed E-state index contributed by atoms with van der Waals surface area (Å²) >= 11 is 13.2. The van der Waals surface area contributed by atoms with Crippen LogP contribution in [0.25, 0.3) is 20.7 Å². The lowest BCUT2D eigenvalue weighted by atomic mass is 10.2. The van der Waals surface area contributed by atoms with Crippen molar-refractivity contribution in [3.05, 3.63) is 86.4 Å². The second-order valence-corrected chi connectivity index (χ2v) is 7.48. The molecule has 0 unspecified atom stereocenters. The van der Waals surface area contributed by atoms with Gasteiger partial charge in [-0.25, -0.2) is 0 Å². The molecule has 25 heavy (non-hydrogen) atoms. The average molecular weight is 385 g/mol. The summed E-state index contributed by atoms with van der Waals surface area (Å²) in [5.74, 6) is 0. The minimum atomic E-state index is -0.0999. The molecule has 1 N–H and O–H groups in total. The molecule has 124 valence electrons. The van der Waals surface area contributed by atoms with Gasteiger partial charge >= 0.3 is 0 Å². The molecule has 3 nitrogen and oxygen atoms in total. The molecule has 0 spiro atoms. The first-order valence-corrected chi connectivity index (χ1v) is 9.29. The molecule has 0 fully saturated rings. The van der Waals surface area contributed by atoms with Gasteiger partial charge < -0.3 is 4.98 Å². The standard InChI is InChI=1S/C19H13ClN2OS2/c20-15-9-5-4-8-13(15)11-22-18(23)14-10-16(12-6-2-1-3-7-12)25-17(14)21-19(22)24/h1-10H,11H2,(H,21,24). The van der Waals surface area contributed by atoms with Crippen molar-refractivity contribution in [2.75, 3.05) is 0 Å². The predicted molar refractivity (Wildman–Crippen MR) is 107 cm³/mol. The van der Waals surface area contributed by atoms with E-state index in [-0.39, 0.29) is 5.56 Å². The molecule has 0 saturated carbocycles. The topological polar surface area (TPSA) is 37.8 Å². The monoisotopic (exact) mass is 384 g/mol. The fourth-order valence-corrected chi connectivity index (χ4v) is 4.29. The first kappa shape index (κ1) is 16.3. The number of aromatic nitrogens is 2. The number of halogens is 1. The minimum absolute atomic E-state index is 0.0999. The van der Waals surface area contributed by atoms with Gasteiger partial charge in [0.15, 0.2) is 4.77 Å². The van der Waals surface area contributed by atoms with E-state index in [0.717, 1.165) is 20.8 Å². The van der Waals surface area contributed by atoms with Crippen molar-refractivity contribution in [1.29, 1.82) is 0 Å². The van der Waals surface area contributed by atoms with E-state index >= 15 is 0 Å². The largest absolute Gasteiger partial charge is 0.323 e. The Morgan fingerprint density at radius 2 is 1.80 bits per heavy atom. The molecule has 6 heteroatoms. The Labute approximate surface area is 158 Å². The van der Waals surface area contributed by atoms with E-state index in [2.05, 4.69) is 4.98 Å². The number of H-pyrrole nitrogens is 1. The smallest absolute Gasteiger partial charge is 0.263 e. The first-order valence-electron chi connectivity index (χ1n) is 7.69. The maximum absolute atomic E-state index is 12.9. The van der Waals surface area contributed by atoms with Gasteiger partial charge in [0.05, 0.1) is 11.9 Å². The third-order valence-corrected chi connectivity index (χ3v) is 5.81. The summed E-state index contributed by atoms with van der Waals surface area (Å²) in [4.78, 5) is 18.0. The third kappa shape index (κ3) is 3.06. The van der Waals surface area contributed by atoms with Crippen molar-refractivity contribution >= 4 is 45.4 Å². The Kier molecular flexibility index (Phi) is 4.29. The lowest BCUT2D eigenvalue weighted by molar-refractivity contribution is 0.735. The van der Waals surface area contributed by atoms with Crippen LogP contribution in [-0.4, -0.2) is 9.55 Å². The molecule has 0 bridgehead atoms. The van der Waals surface area contributed by atoms with E-state index in [0.29, 0.717) is 21.7 Å². The van der Waals surface area contributed by atoms with E-state index in [1.165, 1.54) is 11.3 Å². The van der Waals surface area contributed by atoms with E-state index in [1.807, 2.05) is 60.7 Å². The highest BCUT2D eigenvalue weighted by Crippen LogP contribution is 2.30. The summed E-state index contributed by atoms with van der Waals surface area (Å²) in [5, 5.41) is 1.27. The van der Waals surface area contributed by atoms with Crippen molar-refractivity contribution in [2.24, 2.45) is 0 Å². The van der Waals surface area contributed by atoms with Gasteiger partial charge in [0, 0.05) is 9.90 Å². The molecule has 0 radical (unpaired) electrons. The van der Waals surface area contributed by atoms with Gasteiger partial charge in [-0.3, -0.25) is 9.36 Å². The quantitative estimate of drug-likeness (QED) is 0.474. The number of benzene rings is 2. The van der Waals surface area contributed by atoms with Crippen LogP contribution in [0.5, 0.6) is 0 Å². The maximum atomic E-state index is 12.9. The van der Waals surface area contributed by atoms with Crippen molar-refractivity contribution in [2.45, 2.75) is 6.54 Å². The second kappa shape index (κ2) is 6.59. The Balaban J connectivity index is 1.86. The van der Waals surface area contributed by atoms with Crippen LogP contribution in [0.3, 0.4) is 0 Å². The van der Waals surface area contributed by atoms with Gasteiger partial charge in [0.25, 0.3) is 5.56 Å². The van der Waals surface area contributed by atoms with E-state index in [4.69, 9.17) is 23.8 Å². The summed E-state index contributed by atoms with van der Waals surface area (Å²) in [5.41, 5.74) is 1.85. The highest BCUT2D eigenvalue weighted by atomic mass is 35.5. The first-order chi connectivity index (χ1) is 12.1. The molecule has 4 aromatic rings.